The van der Waals surface area contributed by atoms with Crippen molar-refractivity contribution in [2.45, 2.75) is 26.0 Å². The average molecular weight is 235 g/mol. The largest absolute Gasteiger partial charge is 0.484 e. The molecule has 0 spiro atoms. The number of benzene rings is 1. The van der Waals surface area contributed by atoms with Crippen molar-refractivity contribution >= 4 is 11.5 Å². The number of ether oxygens (including phenoxy) is 1. The number of fused-ring (bicyclic) bond motifs is 1. The van der Waals surface area contributed by atoms with E-state index in [1.807, 2.05) is 24.9 Å². The van der Waals surface area contributed by atoms with E-state index in [4.69, 9.17) is 4.74 Å². The standard InChI is InChI=1S/C13H17NO3/c1-8-13(7-15)17-12-5-4-10(9(2)16)6-11(12)14(8)3/h4-6,8,13,15H,7H2,1-3H3. The van der Waals surface area contributed by atoms with Gasteiger partial charge < -0.3 is 14.7 Å². The van der Waals surface area contributed by atoms with Crippen LogP contribution in [0.3, 0.4) is 0 Å². The average Bonchev–Trinajstić information content (AvgIpc) is 2.33. The molecule has 1 aromatic rings. The molecule has 0 saturated carbocycles. The van der Waals surface area contributed by atoms with Crippen LogP contribution < -0.4 is 9.64 Å². The number of rotatable bonds is 2. The van der Waals surface area contributed by atoms with Gasteiger partial charge in [-0.25, -0.2) is 0 Å². The maximum absolute atomic E-state index is 11.3. The van der Waals surface area contributed by atoms with Crippen LogP contribution in [0.4, 0.5) is 5.69 Å². The summed E-state index contributed by atoms with van der Waals surface area (Å²) in [5.74, 6) is 0.757. The Morgan fingerprint density at radius 1 is 1.53 bits per heavy atom. The van der Waals surface area contributed by atoms with Crippen LogP contribution in [0.15, 0.2) is 18.2 Å². The molecule has 2 atom stereocenters. The van der Waals surface area contributed by atoms with Crippen molar-refractivity contribution in [3.63, 3.8) is 0 Å². The third kappa shape index (κ3) is 2.00. The number of anilines is 1. The van der Waals surface area contributed by atoms with Crippen LogP contribution in [0.2, 0.25) is 0 Å². The van der Waals surface area contributed by atoms with Gasteiger partial charge in [-0.2, -0.15) is 0 Å². The van der Waals surface area contributed by atoms with E-state index in [2.05, 4.69) is 0 Å². The number of hydrogen-bond donors (Lipinski definition) is 1. The van der Waals surface area contributed by atoms with E-state index in [0.29, 0.717) is 5.56 Å². The van der Waals surface area contributed by atoms with Crippen LogP contribution in [0.25, 0.3) is 0 Å². The highest BCUT2D eigenvalue weighted by atomic mass is 16.5. The summed E-state index contributed by atoms with van der Waals surface area (Å²) in [5, 5.41) is 9.24. The van der Waals surface area contributed by atoms with Crippen LogP contribution in [-0.4, -0.2) is 36.7 Å². The molecule has 1 heterocycles. The first-order valence-electron chi connectivity index (χ1n) is 5.70. The van der Waals surface area contributed by atoms with Crippen LogP contribution in [-0.2, 0) is 0 Å². The summed E-state index contributed by atoms with van der Waals surface area (Å²) < 4.78 is 5.70. The van der Waals surface area contributed by atoms with Crippen molar-refractivity contribution in [2.75, 3.05) is 18.6 Å². The van der Waals surface area contributed by atoms with Gasteiger partial charge in [0, 0.05) is 12.6 Å². The normalized spacial score (nSPS) is 22.9. The first-order chi connectivity index (χ1) is 8.04. The molecule has 4 nitrogen and oxygen atoms in total. The molecule has 0 aromatic heterocycles. The van der Waals surface area contributed by atoms with E-state index >= 15 is 0 Å². The number of carbonyl (C=O) groups excluding carboxylic acids is 1. The Morgan fingerprint density at radius 3 is 2.82 bits per heavy atom. The van der Waals surface area contributed by atoms with Gasteiger partial charge in [0.15, 0.2) is 5.78 Å². The minimum atomic E-state index is -0.226. The predicted molar refractivity (Wildman–Crippen MR) is 65.8 cm³/mol. The van der Waals surface area contributed by atoms with Gasteiger partial charge in [-0.15, -0.1) is 0 Å². The Kier molecular flexibility index (Phi) is 3.07. The molecular formula is C13H17NO3. The molecule has 2 rings (SSSR count). The van der Waals surface area contributed by atoms with Gasteiger partial charge in [-0.3, -0.25) is 4.79 Å². The van der Waals surface area contributed by atoms with Gasteiger partial charge in [0.1, 0.15) is 11.9 Å². The van der Waals surface area contributed by atoms with Crippen molar-refractivity contribution < 1.29 is 14.6 Å². The summed E-state index contributed by atoms with van der Waals surface area (Å²) in [6.07, 6.45) is -0.226. The number of Topliss-reactive ketones (excluding diaryl/α,β-unsaturated/α-hetero) is 1. The summed E-state index contributed by atoms with van der Waals surface area (Å²) in [6, 6.07) is 5.45. The molecule has 4 heteroatoms. The Balaban J connectivity index is 2.42. The Morgan fingerprint density at radius 2 is 2.24 bits per heavy atom. The SMILES string of the molecule is CC(=O)c1ccc2c(c1)N(C)C(C)C(CO)O2. The monoisotopic (exact) mass is 235 g/mol. The molecule has 1 N–H and O–H groups in total. The van der Waals surface area contributed by atoms with Crippen molar-refractivity contribution in [1.29, 1.82) is 0 Å². The van der Waals surface area contributed by atoms with Crippen molar-refractivity contribution in [3.8, 4) is 5.75 Å². The zero-order valence-corrected chi connectivity index (χ0v) is 10.3. The van der Waals surface area contributed by atoms with E-state index < -0.39 is 0 Å². The minimum Gasteiger partial charge on any atom is -0.484 e. The molecule has 0 amide bonds. The second kappa shape index (κ2) is 4.37. The third-order valence-electron chi connectivity index (χ3n) is 3.35. The molecule has 1 aliphatic rings. The highest BCUT2D eigenvalue weighted by Crippen LogP contribution is 2.35. The number of hydrogen-bond acceptors (Lipinski definition) is 4. The summed E-state index contributed by atoms with van der Waals surface area (Å²) in [7, 11) is 1.94. The van der Waals surface area contributed by atoms with Gasteiger partial charge in [-0.1, -0.05) is 0 Å². The van der Waals surface area contributed by atoms with E-state index in [0.717, 1.165) is 11.4 Å². The number of carbonyl (C=O) groups is 1. The fraction of sp³-hybridized carbons (Fsp3) is 0.462. The summed E-state index contributed by atoms with van der Waals surface area (Å²) >= 11 is 0. The molecule has 17 heavy (non-hydrogen) atoms. The number of likely N-dealkylation sites (N-methyl/N-ethyl adjacent to an activating group) is 1. The highest BCUT2D eigenvalue weighted by molar-refractivity contribution is 5.95. The highest BCUT2D eigenvalue weighted by Gasteiger charge is 2.30. The third-order valence-corrected chi connectivity index (χ3v) is 3.35. The first kappa shape index (κ1) is 11.9. The lowest BCUT2D eigenvalue weighted by Gasteiger charge is -2.39. The second-order valence-electron chi connectivity index (χ2n) is 4.43. The van der Waals surface area contributed by atoms with Crippen molar-refractivity contribution in [2.24, 2.45) is 0 Å². The second-order valence-corrected chi connectivity index (χ2v) is 4.43. The molecule has 92 valence electrons. The van der Waals surface area contributed by atoms with Crippen LogP contribution in [0.1, 0.15) is 24.2 Å². The van der Waals surface area contributed by atoms with Gasteiger partial charge in [0.2, 0.25) is 0 Å². The van der Waals surface area contributed by atoms with Crippen molar-refractivity contribution in [3.05, 3.63) is 23.8 Å². The molecule has 0 radical (unpaired) electrons. The predicted octanol–water partition coefficient (Wildman–Crippen LogP) is 1.47. The molecule has 2 unspecified atom stereocenters. The topological polar surface area (TPSA) is 49.8 Å². The lowest BCUT2D eigenvalue weighted by atomic mass is 10.0. The van der Waals surface area contributed by atoms with E-state index in [-0.39, 0.29) is 24.5 Å². The maximum Gasteiger partial charge on any atom is 0.159 e. The number of nitrogens with zero attached hydrogens (tertiary/aromatic N) is 1. The summed E-state index contributed by atoms with van der Waals surface area (Å²) in [4.78, 5) is 13.4. The summed E-state index contributed by atoms with van der Waals surface area (Å²) in [6.45, 7) is 3.52. The Labute approximate surface area is 101 Å². The fourth-order valence-corrected chi connectivity index (χ4v) is 2.03. The summed E-state index contributed by atoms with van der Waals surface area (Å²) in [5.41, 5.74) is 1.57. The van der Waals surface area contributed by atoms with Gasteiger partial charge in [-0.05, 0) is 32.0 Å². The molecule has 1 aromatic carbocycles. The molecule has 0 aliphatic carbocycles. The maximum atomic E-state index is 11.3. The lowest BCUT2D eigenvalue weighted by molar-refractivity contribution is 0.0888. The van der Waals surface area contributed by atoms with Crippen LogP contribution in [0.5, 0.6) is 5.75 Å². The minimum absolute atomic E-state index is 0.0145. The first-order valence-corrected chi connectivity index (χ1v) is 5.70. The Hall–Kier alpha value is -1.55. The Bertz CT molecular complexity index is 444. The molecular weight excluding hydrogens is 218 g/mol. The lowest BCUT2D eigenvalue weighted by Crippen LogP contribution is -2.47. The molecule has 1 aliphatic heterocycles. The zero-order valence-electron chi connectivity index (χ0n) is 10.3. The van der Waals surface area contributed by atoms with Crippen LogP contribution in [0, 0.1) is 0 Å². The number of aliphatic hydroxyl groups excluding tert-OH is 1. The molecule has 0 bridgehead atoms. The smallest absolute Gasteiger partial charge is 0.159 e. The zero-order chi connectivity index (χ0) is 12.6. The van der Waals surface area contributed by atoms with Gasteiger partial charge in [0.25, 0.3) is 0 Å². The quantitative estimate of drug-likeness (QED) is 0.789. The van der Waals surface area contributed by atoms with Gasteiger partial charge in [0.05, 0.1) is 18.3 Å². The van der Waals surface area contributed by atoms with E-state index in [1.54, 1.807) is 19.1 Å². The fourth-order valence-electron chi connectivity index (χ4n) is 2.03. The number of ketones is 1. The molecule has 0 saturated heterocycles. The van der Waals surface area contributed by atoms with Crippen LogP contribution >= 0.6 is 0 Å². The van der Waals surface area contributed by atoms with Crippen molar-refractivity contribution in [1.82, 2.24) is 0 Å². The van der Waals surface area contributed by atoms with Gasteiger partial charge >= 0.3 is 0 Å². The molecule has 0 fully saturated rings. The van der Waals surface area contributed by atoms with E-state index in [1.165, 1.54) is 0 Å². The number of aliphatic hydroxyl groups is 1. The van der Waals surface area contributed by atoms with E-state index in [9.17, 15) is 9.90 Å².